The van der Waals surface area contributed by atoms with Crippen molar-refractivity contribution in [2.75, 3.05) is 5.32 Å². The molecule has 22 heavy (non-hydrogen) atoms. The Bertz CT molecular complexity index is 550. The predicted octanol–water partition coefficient (Wildman–Crippen LogP) is 2.81. The number of carbonyl (C=O) groups excluding carboxylic acids is 2. The summed E-state index contributed by atoms with van der Waals surface area (Å²) in [4.78, 5) is 23.8. The number of imide groups is 1. The Labute approximate surface area is 140 Å². The lowest BCUT2D eigenvalue weighted by Gasteiger charge is -2.17. The molecule has 1 aromatic rings. The summed E-state index contributed by atoms with van der Waals surface area (Å²) in [5.74, 6) is -0.639. The van der Waals surface area contributed by atoms with E-state index in [0.717, 1.165) is 0 Å². The first-order valence-corrected chi connectivity index (χ1v) is 7.78. The normalized spacial score (nSPS) is 13.6. The Balaban J connectivity index is 2.57. The van der Waals surface area contributed by atoms with Crippen molar-refractivity contribution in [3.05, 3.63) is 28.2 Å². The summed E-state index contributed by atoms with van der Waals surface area (Å²) < 4.78 is 0. The molecule has 0 saturated carbocycles. The van der Waals surface area contributed by atoms with E-state index < -0.39 is 23.9 Å². The maximum absolute atomic E-state index is 12.0. The van der Waals surface area contributed by atoms with Crippen molar-refractivity contribution in [2.45, 2.75) is 39.3 Å². The van der Waals surface area contributed by atoms with Crippen LogP contribution in [0, 0.1) is 5.92 Å². The fourth-order valence-corrected chi connectivity index (χ4v) is 2.14. The summed E-state index contributed by atoms with van der Waals surface area (Å²) in [7, 11) is 0. The van der Waals surface area contributed by atoms with Crippen LogP contribution in [-0.4, -0.2) is 23.9 Å². The van der Waals surface area contributed by atoms with Gasteiger partial charge in [-0.25, -0.2) is 0 Å². The van der Waals surface area contributed by atoms with Crippen LogP contribution in [0.3, 0.4) is 0 Å². The molecule has 122 valence electrons. The van der Waals surface area contributed by atoms with E-state index in [1.54, 1.807) is 25.1 Å². The van der Waals surface area contributed by atoms with Gasteiger partial charge in [0.05, 0.1) is 16.1 Å². The van der Waals surface area contributed by atoms with Crippen molar-refractivity contribution in [3.63, 3.8) is 0 Å². The average Bonchev–Trinajstić information content (AvgIpc) is 2.41. The summed E-state index contributed by atoms with van der Waals surface area (Å²) in [5.41, 5.74) is 6.37. The van der Waals surface area contributed by atoms with Crippen molar-refractivity contribution in [1.82, 2.24) is 5.32 Å². The lowest BCUT2D eigenvalue weighted by atomic mass is 10.0. The third-order valence-corrected chi connectivity index (χ3v) is 3.74. The maximum atomic E-state index is 12.0. The number of anilines is 1. The number of halogens is 2. The summed E-state index contributed by atoms with van der Waals surface area (Å²) in [5, 5.41) is 6.07. The quantitative estimate of drug-likeness (QED) is 0.740. The first kappa shape index (κ1) is 18.7. The molecule has 0 aliphatic rings. The van der Waals surface area contributed by atoms with Gasteiger partial charge in [0.15, 0.2) is 0 Å². The molecule has 0 saturated heterocycles. The monoisotopic (exact) mass is 345 g/mol. The van der Waals surface area contributed by atoms with Crippen LogP contribution in [0.5, 0.6) is 0 Å². The Morgan fingerprint density at radius 1 is 1.14 bits per heavy atom. The third kappa shape index (κ3) is 5.83. The molecule has 2 amide bonds. The smallest absolute Gasteiger partial charge is 0.248 e. The minimum absolute atomic E-state index is 0.280. The van der Waals surface area contributed by atoms with Gasteiger partial charge in [-0.2, -0.15) is 0 Å². The highest BCUT2D eigenvalue weighted by molar-refractivity contribution is 6.42. The van der Waals surface area contributed by atoms with Gasteiger partial charge in [0.2, 0.25) is 11.8 Å². The van der Waals surface area contributed by atoms with E-state index in [0.29, 0.717) is 22.2 Å². The van der Waals surface area contributed by atoms with Crippen LogP contribution in [0.15, 0.2) is 18.2 Å². The zero-order valence-electron chi connectivity index (χ0n) is 12.8. The van der Waals surface area contributed by atoms with Gasteiger partial charge in [0.25, 0.3) is 0 Å². The first-order chi connectivity index (χ1) is 10.2. The predicted molar refractivity (Wildman–Crippen MR) is 90.1 cm³/mol. The molecule has 0 aromatic heterocycles. The average molecular weight is 346 g/mol. The van der Waals surface area contributed by atoms with E-state index in [4.69, 9.17) is 28.9 Å². The van der Waals surface area contributed by atoms with Crippen LogP contribution in [0.1, 0.15) is 27.2 Å². The molecule has 2 atom stereocenters. The molecule has 5 nitrogen and oxygen atoms in total. The molecule has 1 rings (SSSR count). The Morgan fingerprint density at radius 3 is 2.32 bits per heavy atom. The fraction of sp³-hybridized carbons (Fsp3) is 0.467. The standard InChI is InChI=1S/C15H21Cl2N3O2/c1-8(2)6-13(18)15(22)20-14(21)9(3)19-10-4-5-11(16)12(17)7-10/h4-5,7-9,13,19H,6,18H2,1-3H3,(H,20,21,22)/t9?,13-/m0/s1. The van der Waals surface area contributed by atoms with E-state index in [2.05, 4.69) is 10.6 Å². The highest BCUT2D eigenvalue weighted by Gasteiger charge is 2.20. The van der Waals surface area contributed by atoms with Crippen LogP contribution in [0.4, 0.5) is 5.69 Å². The van der Waals surface area contributed by atoms with Crippen LogP contribution >= 0.6 is 23.2 Å². The van der Waals surface area contributed by atoms with E-state index in [1.165, 1.54) is 0 Å². The van der Waals surface area contributed by atoms with Crippen LogP contribution in [0.2, 0.25) is 10.0 Å². The topological polar surface area (TPSA) is 84.2 Å². The second kappa shape index (κ2) is 8.36. The Morgan fingerprint density at radius 2 is 1.77 bits per heavy atom. The SMILES string of the molecule is CC(C)C[C@H](N)C(=O)NC(=O)C(C)Nc1ccc(Cl)c(Cl)c1. The van der Waals surface area contributed by atoms with Crippen LogP contribution < -0.4 is 16.4 Å². The highest BCUT2D eigenvalue weighted by Crippen LogP contribution is 2.25. The minimum atomic E-state index is -0.693. The van der Waals surface area contributed by atoms with E-state index in [-0.39, 0.29) is 5.92 Å². The van der Waals surface area contributed by atoms with E-state index in [1.807, 2.05) is 13.8 Å². The molecular formula is C15H21Cl2N3O2. The van der Waals surface area contributed by atoms with Gasteiger partial charge in [-0.1, -0.05) is 37.0 Å². The van der Waals surface area contributed by atoms with E-state index >= 15 is 0 Å². The number of amides is 2. The number of hydrogen-bond acceptors (Lipinski definition) is 4. The van der Waals surface area contributed by atoms with Gasteiger partial charge in [-0.3, -0.25) is 14.9 Å². The summed E-state index contributed by atoms with van der Waals surface area (Å²) in [6.45, 7) is 5.56. The molecule has 0 aliphatic carbocycles. The van der Waals surface area contributed by atoms with E-state index in [9.17, 15) is 9.59 Å². The van der Waals surface area contributed by atoms with Crippen molar-refractivity contribution >= 4 is 40.7 Å². The molecular weight excluding hydrogens is 325 g/mol. The summed E-state index contributed by atoms with van der Waals surface area (Å²) in [6, 6.07) is 3.62. The van der Waals surface area contributed by atoms with Crippen LogP contribution in [0.25, 0.3) is 0 Å². The summed E-state index contributed by atoms with van der Waals surface area (Å²) >= 11 is 11.7. The number of hydrogen-bond donors (Lipinski definition) is 3. The van der Waals surface area contributed by atoms with Gasteiger partial charge in [0, 0.05) is 5.69 Å². The second-order valence-corrected chi connectivity index (χ2v) is 6.40. The lowest BCUT2D eigenvalue weighted by Crippen LogP contribution is -2.48. The zero-order chi connectivity index (χ0) is 16.9. The molecule has 0 spiro atoms. The maximum Gasteiger partial charge on any atom is 0.248 e. The number of benzene rings is 1. The second-order valence-electron chi connectivity index (χ2n) is 5.58. The van der Waals surface area contributed by atoms with Crippen molar-refractivity contribution < 1.29 is 9.59 Å². The van der Waals surface area contributed by atoms with Gasteiger partial charge in [-0.05, 0) is 37.5 Å². The van der Waals surface area contributed by atoms with Gasteiger partial charge in [0.1, 0.15) is 6.04 Å². The molecule has 0 aliphatic heterocycles. The molecule has 4 N–H and O–H groups in total. The zero-order valence-corrected chi connectivity index (χ0v) is 14.3. The number of carbonyl (C=O) groups is 2. The van der Waals surface area contributed by atoms with Crippen molar-refractivity contribution in [3.8, 4) is 0 Å². The van der Waals surface area contributed by atoms with Gasteiger partial charge < -0.3 is 11.1 Å². The third-order valence-electron chi connectivity index (χ3n) is 3.00. The largest absolute Gasteiger partial charge is 0.374 e. The van der Waals surface area contributed by atoms with Gasteiger partial charge >= 0.3 is 0 Å². The van der Waals surface area contributed by atoms with Crippen molar-refractivity contribution in [2.24, 2.45) is 11.7 Å². The lowest BCUT2D eigenvalue weighted by molar-refractivity contribution is -0.131. The Kier molecular flexibility index (Phi) is 7.13. The first-order valence-electron chi connectivity index (χ1n) is 7.02. The minimum Gasteiger partial charge on any atom is -0.374 e. The van der Waals surface area contributed by atoms with Crippen LogP contribution in [-0.2, 0) is 9.59 Å². The molecule has 1 aromatic carbocycles. The van der Waals surface area contributed by atoms with Crippen molar-refractivity contribution in [1.29, 1.82) is 0 Å². The molecule has 0 radical (unpaired) electrons. The molecule has 7 heteroatoms. The van der Waals surface area contributed by atoms with Gasteiger partial charge in [-0.15, -0.1) is 0 Å². The number of nitrogens with one attached hydrogen (secondary N) is 2. The molecule has 0 bridgehead atoms. The number of nitrogens with two attached hydrogens (primary N) is 1. The molecule has 0 fully saturated rings. The fourth-order valence-electron chi connectivity index (χ4n) is 1.84. The molecule has 1 unspecified atom stereocenters. The summed E-state index contributed by atoms with van der Waals surface area (Å²) in [6.07, 6.45) is 0.522. The molecule has 0 heterocycles. The number of rotatable bonds is 6. The Hall–Kier alpha value is -1.30. The highest BCUT2D eigenvalue weighted by atomic mass is 35.5.